The number of hydrogen-bond acceptors (Lipinski definition) is 4. The highest BCUT2D eigenvalue weighted by Gasteiger charge is 2.15. The molecule has 118 valence electrons. The van der Waals surface area contributed by atoms with Crippen LogP contribution in [0.5, 0.6) is 5.75 Å². The van der Waals surface area contributed by atoms with E-state index in [1.165, 1.54) is 11.3 Å². The Hall–Kier alpha value is -2.31. The predicted octanol–water partition coefficient (Wildman–Crippen LogP) is 4.13. The van der Waals surface area contributed by atoms with E-state index in [-0.39, 0.29) is 4.21 Å². The summed E-state index contributed by atoms with van der Waals surface area (Å²) in [7, 11) is -3.54. The molecular weight excluding hydrogens is 330 g/mol. The van der Waals surface area contributed by atoms with Gasteiger partial charge in [-0.25, -0.2) is 8.42 Å². The summed E-state index contributed by atoms with van der Waals surface area (Å²) in [5.74, 6) is 0.611. The lowest BCUT2D eigenvalue weighted by atomic mass is 10.2. The molecule has 0 unspecified atom stereocenters. The summed E-state index contributed by atoms with van der Waals surface area (Å²) in [6.07, 6.45) is 0. The molecule has 0 saturated heterocycles. The summed E-state index contributed by atoms with van der Waals surface area (Å²) >= 11 is 1.18. The second kappa shape index (κ2) is 6.85. The number of hydrogen-bond donors (Lipinski definition) is 1. The smallest absolute Gasteiger partial charge is 0.271 e. The van der Waals surface area contributed by atoms with Crippen LogP contribution >= 0.6 is 11.3 Å². The third-order valence-electron chi connectivity index (χ3n) is 3.09. The first-order valence-electron chi connectivity index (χ1n) is 6.97. The zero-order valence-corrected chi connectivity index (χ0v) is 13.8. The Morgan fingerprint density at radius 1 is 0.957 bits per heavy atom. The molecule has 3 aromatic rings. The van der Waals surface area contributed by atoms with Crippen LogP contribution in [0.1, 0.15) is 5.56 Å². The molecule has 1 N–H and O–H groups in total. The average Bonchev–Trinajstić information content (AvgIpc) is 3.09. The van der Waals surface area contributed by atoms with Gasteiger partial charge in [-0.2, -0.15) is 0 Å². The Kier molecular flexibility index (Phi) is 4.64. The Morgan fingerprint density at radius 3 is 2.52 bits per heavy atom. The van der Waals surface area contributed by atoms with Gasteiger partial charge in [0.05, 0.1) is 5.69 Å². The molecule has 0 amide bonds. The van der Waals surface area contributed by atoms with Gasteiger partial charge in [-0.3, -0.25) is 4.72 Å². The maximum absolute atomic E-state index is 12.2. The van der Waals surface area contributed by atoms with Gasteiger partial charge in [0.15, 0.2) is 0 Å². The van der Waals surface area contributed by atoms with Gasteiger partial charge in [-0.1, -0.05) is 42.5 Å². The summed E-state index contributed by atoms with van der Waals surface area (Å²) in [6, 6.07) is 20.0. The predicted molar refractivity (Wildman–Crippen MR) is 92.3 cm³/mol. The summed E-state index contributed by atoms with van der Waals surface area (Å²) in [5.41, 5.74) is 1.53. The molecule has 0 saturated carbocycles. The van der Waals surface area contributed by atoms with E-state index < -0.39 is 10.0 Å². The van der Waals surface area contributed by atoms with Crippen LogP contribution < -0.4 is 9.46 Å². The van der Waals surface area contributed by atoms with E-state index in [1.54, 1.807) is 41.8 Å². The number of sulfonamides is 1. The fourth-order valence-corrected chi connectivity index (χ4v) is 4.05. The zero-order chi connectivity index (χ0) is 16.1. The minimum Gasteiger partial charge on any atom is -0.489 e. The minimum absolute atomic E-state index is 0.285. The molecule has 23 heavy (non-hydrogen) atoms. The van der Waals surface area contributed by atoms with Crippen LogP contribution in [0.3, 0.4) is 0 Å². The molecule has 3 rings (SSSR count). The SMILES string of the molecule is O=S(=O)(Nc1cccc(OCc2ccccc2)c1)c1cccs1. The number of rotatable bonds is 6. The molecule has 0 fully saturated rings. The maximum atomic E-state index is 12.2. The van der Waals surface area contributed by atoms with Gasteiger partial charge < -0.3 is 4.74 Å². The van der Waals surface area contributed by atoms with Gasteiger partial charge in [0.25, 0.3) is 10.0 Å². The molecule has 6 heteroatoms. The van der Waals surface area contributed by atoms with Gasteiger partial charge in [0.1, 0.15) is 16.6 Å². The van der Waals surface area contributed by atoms with Crippen LogP contribution in [0.2, 0.25) is 0 Å². The van der Waals surface area contributed by atoms with Crippen molar-refractivity contribution in [2.75, 3.05) is 4.72 Å². The van der Waals surface area contributed by atoms with Gasteiger partial charge in [-0.15, -0.1) is 11.3 Å². The molecule has 0 aliphatic rings. The van der Waals surface area contributed by atoms with Crippen molar-refractivity contribution in [3.63, 3.8) is 0 Å². The Morgan fingerprint density at radius 2 is 1.78 bits per heavy atom. The highest BCUT2D eigenvalue weighted by atomic mass is 32.2. The van der Waals surface area contributed by atoms with Crippen molar-refractivity contribution in [1.29, 1.82) is 0 Å². The molecule has 0 spiro atoms. The summed E-state index contributed by atoms with van der Waals surface area (Å²) < 4.78 is 33.0. The number of nitrogens with one attached hydrogen (secondary N) is 1. The Labute approximate surface area is 139 Å². The molecule has 2 aromatic carbocycles. The largest absolute Gasteiger partial charge is 0.489 e. The molecule has 0 bridgehead atoms. The van der Waals surface area contributed by atoms with Crippen LogP contribution in [0.25, 0.3) is 0 Å². The molecule has 1 aromatic heterocycles. The highest BCUT2D eigenvalue weighted by molar-refractivity contribution is 7.94. The lowest BCUT2D eigenvalue weighted by molar-refractivity contribution is 0.306. The second-order valence-corrected chi connectivity index (χ2v) is 7.70. The van der Waals surface area contributed by atoms with Gasteiger partial charge in [0, 0.05) is 6.07 Å². The Balaban J connectivity index is 1.70. The lowest BCUT2D eigenvalue weighted by Gasteiger charge is -2.10. The van der Waals surface area contributed by atoms with E-state index >= 15 is 0 Å². The third-order valence-corrected chi connectivity index (χ3v) is 5.87. The first-order valence-corrected chi connectivity index (χ1v) is 9.33. The van der Waals surface area contributed by atoms with Crippen molar-refractivity contribution in [2.45, 2.75) is 10.8 Å². The van der Waals surface area contributed by atoms with E-state index in [0.717, 1.165) is 5.56 Å². The van der Waals surface area contributed by atoms with Crippen molar-refractivity contribution < 1.29 is 13.2 Å². The van der Waals surface area contributed by atoms with Crippen molar-refractivity contribution in [3.05, 3.63) is 77.7 Å². The van der Waals surface area contributed by atoms with Crippen LogP contribution in [-0.2, 0) is 16.6 Å². The van der Waals surface area contributed by atoms with Gasteiger partial charge in [0.2, 0.25) is 0 Å². The first kappa shape index (κ1) is 15.6. The quantitative estimate of drug-likeness (QED) is 0.731. The minimum atomic E-state index is -3.54. The van der Waals surface area contributed by atoms with Crippen molar-refractivity contribution in [3.8, 4) is 5.75 Å². The van der Waals surface area contributed by atoms with E-state index in [0.29, 0.717) is 18.0 Å². The van der Waals surface area contributed by atoms with Crippen LogP contribution in [0.15, 0.2) is 76.3 Å². The van der Waals surface area contributed by atoms with Crippen LogP contribution in [0, 0.1) is 0 Å². The van der Waals surface area contributed by atoms with E-state index in [1.807, 2.05) is 30.3 Å². The monoisotopic (exact) mass is 345 g/mol. The fraction of sp³-hybridized carbons (Fsp3) is 0.0588. The second-order valence-electron chi connectivity index (χ2n) is 4.84. The zero-order valence-electron chi connectivity index (χ0n) is 12.2. The third kappa shape index (κ3) is 4.12. The summed E-state index contributed by atoms with van der Waals surface area (Å²) in [4.78, 5) is 0. The number of benzene rings is 2. The molecule has 0 aliphatic carbocycles. The van der Waals surface area contributed by atoms with E-state index in [2.05, 4.69) is 4.72 Å². The highest BCUT2D eigenvalue weighted by Crippen LogP contribution is 2.23. The maximum Gasteiger partial charge on any atom is 0.271 e. The molecule has 4 nitrogen and oxygen atoms in total. The molecule has 0 atom stereocenters. The standard InChI is InChI=1S/C17H15NO3S2/c19-23(20,17-10-5-11-22-17)18-15-8-4-9-16(12-15)21-13-14-6-2-1-3-7-14/h1-12,18H,13H2. The lowest BCUT2D eigenvalue weighted by Crippen LogP contribution is -2.11. The van der Waals surface area contributed by atoms with Crippen LogP contribution in [0.4, 0.5) is 5.69 Å². The van der Waals surface area contributed by atoms with E-state index in [4.69, 9.17) is 4.74 Å². The average molecular weight is 345 g/mol. The van der Waals surface area contributed by atoms with E-state index in [9.17, 15) is 8.42 Å². The van der Waals surface area contributed by atoms with Crippen molar-refractivity contribution in [1.82, 2.24) is 0 Å². The normalized spacial score (nSPS) is 11.1. The van der Waals surface area contributed by atoms with Gasteiger partial charge in [-0.05, 0) is 29.1 Å². The topological polar surface area (TPSA) is 55.4 Å². The van der Waals surface area contributed by atoms with Crippen molar-refractivity contribution >= 4 is 27.0 Å². The fourth-order valence-electron chi connectivity index (χ4n) is 2.01. The summed E-state index contributed by atoms with van der Waals surface area (Å²) in [5, 5.41) is 1.73. The first-order chi connectivity index (χ1) is 11.1. The van der Waals surface area contributed by atoms with Crippen molar-refractivity contribution in [2.24, 2.45) is 0 Å². The number of thiophene rings is 1. The molecule has 1 heterocycles. The molecular formula is C17H15NO3S2. The number of ether oxygens (including phenoxy) is 1. The Bertz CT molecular complexity index is 860. The summed E-state index contributed by atoms with van der Waals surface area (Å²) in [6.45, 7) is 0.433. The molecule has 0 aliphatic heterocycles. The van der Waals surface area contributed by atoms with Crippen LogP contribution in [-0.4, -0.2) is 8.42 Å². The molecule has 0 radical (unpaired) electrons. The number of anilines is 1. The van der Waals surface area contributed by atoms with Gasteiger partial charge >= 0.3 is 0 Å².